The van der Waals surface area contributed by atoms with Gasteiger partial charge in [-0.1, -0.05) is 36.7 Å². The number of amides is 1. The van der Waals surface area contributed by atoms with Gasteiger partial charge in [0.1, 0.15) is 5.92 Å². The van der Waals surface area contributed by atoms with Crippen molar-refractivity contribution in [2.75, 3.05) is 11.9 Å². The third kappa shape index (κ3) is 3.29. The number of rotatable bonds is 4. The van der Waals surface area contributed by atoms with Crippen molar-refractivity contribution in [1.82, 2.24) is 0 Å². The molecule has 0 fully saturated rings. The zero-order valence-corrected chi connectivity index (χ0v) is 12.7. The minimum Gasteiger partial charge on any atom is -0.409 e. The lowest BCUT2D eigenvalue weighted by molar-refractivity contribution is -0.121. The molecule has 0 aromatic heterocycles. The quantitative estimate of drug-likeness (QED) is 0.383. The molecule has 20 heavy (non-hydrogen) atoms. The molecule has 0 aliphatic carbocycles. The van der Waals surface area contributed by atoms with E-state index in [-0.39, 0.29) is 17.7 Å². The first-order valence-electron chi connectivity index (χ1n) is 6.61. The van der Waals surface area contributed by atoms with E-state index >= 15 is 0 Å². The third-order valence-corrected chi connectivity index (χ3v) is 3.41. The maximum Gasteiger partial charge on any atom is 0.237 e. The average molecular weight is 277 g/mol. The second-order valence-corrected chi connectivity index (χ2v) is 5.43. The fourth-order valence-electron chi connectivity index (χ4n) is 2.32. The lowest BCUT2D eigenvalue weighted by atomic mass is 9.93. The van der Waals surface area contributed by atoms with E-state index in [4.69, 9.17) is 10.9 Å². The van der Waals surface area contributed by atoms with E-state index in [1.165, 1.54) is 0 Å². The van der Waals surface area contributed by atoms with Crippen LogP contribution in [0.25, 0.3) is 0 Å². The number of nitrogens with two attached hydrogens (primary N) is 1. The Labute approximate surface area is 120 Å². The van der Waals surface area contributed by atoms with Gasteiger partial charge >= 0.3 is 0 Å². The summed E-state index contributed by atoms with van der Waals surface area (Å²) in [5.74, 6) is -0.916. The lowest BCUT2D eigenvalue weighted by Crippen LogP contribution is -2.43. The van der Waals surface area contributed by atoms with Gasteiger partial charge in [-0.25, -0.2) is 0 Å². The summed E-state index contributed by atoms with van der Waals surface area (Å²) in [4.78, 5) is 14.1. The predicted octanol–water partition coefficient (Wildman–Crippen LogP) is 2.28. The third-order valence-electron chi connectivity index (χ3n) is 3.41. The van der Waals surface area contributed by atoms with Gasteiger partial charge in [-0.05, 0) is 31.4 Å². The van der Waals surface area contributed by atoms with Crippen LogP contribution in [0.5, 0.6) is 0 Å². The van der Waals surface area contributed by atoms with Crippen LogP contribution in [0.3, 0.4) is 0 Å². The second-order valence-electron chi connectivity index (χ2n) is 5.43. The first kappa shape index (κ1) is 16.0. The minimum absolute atomic E-state index is 0.0494. The van der Waals surface area contributed by atoms with E-state index in [9.17, 15) is 4.79 Å². The summed E-state index contributed by atoms with van der Waals surface area (Å²) >= 11 is 0. The largest absolute Gasteiger partial charge is 0.409 e. The number of aryl methyl sites for hydroxylation is 2. The molecule has 0 spiro atoms. The van der Waals surface area contributed by atoms with Gasteiger partial charge < -0.3 is 15.8 Å². The molecule has 0 saturated heterocycles. The van der Waals surface area contributed by atoms with Crippen LogP contribution in [0.4, 0.5) is 5.69 Å². The van der Waals surface area contributed by atoms with Crippen molar-refractivity contribution in [2.24, 2.45) is 22.7 Å². The van der Waals surface area contributed by atoms with Crippen LogP contribution >= 0.6 is 0 Å². The number of hydrogen-bond acceptors (Lipinski definition) is 3. The Balaban J connectivity index is 3.12. The number of oxime groups is 1. The Morgan fingerprint density at radius 2 is 1.95 bits per heavy atom. The highest BCUT2D eigenvalue weighted by Crippen LogP contribution is 2.23. The maximum absolute atomic E-state index is 12.6. The topological polar surface area (TPSA) is 78.9 Å². The van der Waals surface area contributed by atoms with E-state index in [1.54, 1.807) is 11.9 Å². The summed E-state index contributed by atoms with van der Waals surface area (Å²) in [5.41, 5.74) is 8.64. The summed E-state index contributed by atoms with van der Waals surface area (Å²) in [6, 6.07) is 5.89. The van der Waals surface area contributed by atoms with Crippen LogP contribution in [0.2, 0.25) is 0 Å². The van der Waals surface area contributed by atoms with Crippen molar-refractivity contribution in [3.63, 3.8) is 0 Å². The van der Waals surface area contributed by atoms with Crippen molar-refractivity contribution in [1.29, 1.82) is 0 Å². The number of amidine groups is 1. The summed E-state index contributed by atoms with van der Waals surface area (Å²) in [7, 11) is 1.71. The van der Waals surface area contributed by atoms with Gasteiger partial charge in [0.05, 0.1) is 0 Å². The predicted molar refractivity (Wildman–Crippen MR) is 81.1 cm³/mol. The average Bonchev–Trinajstić information content (AvgIpc) is 2.37. The molecule has 110 valence electrons. The number of nitrogens with zero attached hydrogens (tertiary/aromatic N) is 2. The fourth-order valence-corrected chi connectivity index (χ4v) is 2.32. The molecule has 0 aliphatic heterocycles. The van der Waals surface area contributed by atoms with Crippen LogP contribution in [0, 0.1) is 25.7 Å². The van der Waals surface area contributed by atoms with Crippen molar-refractivity contribution < 1.29 is 10.0 Å². The molecule has 1 amide bonds. The molecule has 1 rings (SSSR count). The molecule has 0 heterocycles. The highest BCUT2D eigenvalue weighted by atomic mass is 16.4. The summed E-state index contributed by atoms with van der Waals surface area (Å²) < 4.78 is 0. The summed E-state index contributed by atoms with van der Waals surface area (Å²) in [6.45, 7) is 7.71. The first-order chi connectivity index (χ1) is 9.29. The maximum atomic E-state index is 12.6. The molecule has 5 nitrogen and oxygen atoms in total. The van der Waals surface area contributed by atoms with E-state index in [1.807, 2.05) is 45.9 Å². The van der Waals surface area contributed by atoms with Crippen molar-refractivity contribution in [3.05, 3.63) is 29.3 Å². The molecule has 0 bridgehead atoms. The molecule has 3 N–H and O–H groups in total. The van der Waals surface area contributed by atoms with Crippen molar-refractivity contribution >= 4 is 17.4 Å². The normalized spacial score (nSPS) is 13.4. The van der Waals surface area contributed by atoms with Crippen molar-refractivity contribution in [2.45, 2.75) is 27.7 Å². The molecular formula is C15H23N3O2. The van der Waals surface area contributed by atoms with Crippen LogP contribution in [0.15, 0.2) is 23.4 Å². The van der Waals surface area contributed by atoms with E-state index in [0.717, 1.165) is 16.8 Å². The monoisotopic (exact) mass is 277 g/mol. The first-order valence-corrected chi connectivity index (χ1v) is 6.61. The number of carbonyl (C=O) groups is 1. The van der Waals surface area contributed by atoms with Crippen LogP contribution in [0.1, 0.15) is 25.0 Å². The van der Waals surface area contributed by atoms with E-state index in [0.29, 0.717) is 0 Å². The highest BCUT2D eigenvalue weighted by molar-refractivity contribution is 6.09. The molecule has 1 aromatic rings. The van der Waals surface area contributed by atoms with E-state index < -0.39 is 5.92 Å². The van der Waals surface area contributed by atoms with E-state index in [2.05, 4.69) is 5.16 Å². The Hall–Kier alpha value is -2.04. The Bertz CT molecular complexity index is 524. The molecular weight excluding hydrogens is 254 g/mol. The number of benzene rings is 1. The van der Waals surface area contributed by atoms with Crippen LogP contribution in [-0.4, -0.2) is 24.0 Å². The lowest BCUT2D eigenvalue weighted by Gasteiger charge is -2.26. The van der Waals surface area contributed by atoms with Gasteiger partial charge in [0.25, 0.3) is 0 Å². The van der Waals surface area contributed by atoms with Crippen molar-refractivity contribution in [3.8, 4) is 0 Å². The number of carbonyl (C=O) groups excluding carboxylic acids is 1. The zero-order chi connectivity index (χ0) is 15.4. The number of anilines is 1. The summed E-state index contributed by atoms with van der Waals surface area (Å²) in [5, 5.41) is 11.8. The Kier molecular flexibility index (Phi) is 5.13. The highest BCUT2D eigenvalue weighted by Gasteiger charge is 2.30. The molecule has 1 atom stereocenters. The molecule has 0 saturated carbocycles. The zero-order valence-electron chi connectivity index (χ0n) is 12.7. The molecule has 1 aromatic carbocycles. The molecule has 0 aliphatic rings. The summed E-state index contributed by atoms with van der Waals surface area (Å²) in [6.07, 6.45) is 0. The standard InChI is InChI=1S/C15H23N3O2/c1-9(2)13(14(16)17-20)15(19)18(5)12-7-6-10(3)8-11(12)4/h6-9,13,20H,1-5H3,(H2,16,17). The minimum atomic E-state index is -0.634. The SMILES string of the molecule is Cc1ccc(N(C)C(=O)C(C(N)=NO)C(C)C)c(C)c1. The molecule has 5 heteroatoms. The fraction of sp³-hybridized carbons (Fsp3) is 0.467. The molecule has 0 radical (unpaired) electrons. The Morgan fingerprint density at radius 1 is 1.35 bits per heavy atom. The van der Waals surface area contributed by atoms with Gasteiger partial charge in [0, 0.05) is 12.7 Å². The second kappa shape index (κ2) is 6.41. The van der Waals surface area contributed by atoms with Gasteiger partial charge in [-0.15, -0.1) is 0 Å². The van der Waals surface area contributed by atoms with Gasteiger partial charge in [0.15, 0.2) is 5.84 Å². The molecule has 1 unspecified atom stereocenters. The number of hydrogen-bond donors (Lipinski definition) is 2. The van der Waals surface area contributed by atoms with Crippen LogP contribution < -0.4 is 10.6 Å². The smallest absolute Gasteiger partial charge is 0.237 e. The van der Waals surface area contributed by atoms with Gasteiger partial charge in [0.2, 0.25) is 5.91 Å². The van der Waals surface area contributed by atoms with Crippen LogP contribution in [-0.2, 0) is 4.79 Å². The Morgan fingerprint density at radius 3 is 2.40 bits per heavy atom. The van der Waals surface area contributed by atoms with Gasteiger partial charge in [-0.3, -0.25) is 4.79 Å². The van der Waals surface area contributed by atoms with Gasteiger partial charge in [-0.2, -0.15) is 0 Å².